The van der Waals surface area contributed by atoms with Gasteiger partial charge >= 0.3 is 5.97 Å². The third kappa shape index (κ3) is 6.02. The zero-order valence-corrected chi connectivity index (χ0v) is 33.3. The van der Waals surface area contributed by atoms with E-state index in [2.05, 4.69) is 104 Å². The highest BCUT2D eigenvalue weighted by Crippen LogP contribution is 2.59. The van der Waals surface area contributed by atoms with E-state index in [1.807, 2.05) is 18.2 Å². The molecule has 10 rings (SSSR count). The van der Waals surface area contributed by atoms with Gasteiger partial charge in [-0.05, 0) is 108 Å². The topological polar surface area (TPSA) is 66.5 Å². The maximum atomic E-state index is 13.8. The zero-order valence-electron chi connectivity index (χ0n) is 33.3. The van der Waals surface area contributed by atoms with Gasteiger partial charge in [-0.15, -0.1) is 0 Å². The average Bonchev–Trinajstić information content (AvgIpc) is 3.89. The molecule has 0 spiro atoms. The van der Waals surface area contributed by atoms with Crippen LogP contribution < -0.4 is 23.8 Å². The van der Waals surface area contributed by atoms with E-state index in [-0.39, 0.29) is 11.7 Å². The van der Waals surface area contributed by atoms with Crippen LogP contribution in [0.2, 0.25) is 0 Å². The summed E-state index contributed by atoms with van der Waals surface area (Å²) in [6, 6.07) is 38.9. The molecular formula is C51H47NO6. The molecule has 7 heteroatoms. The van der Waals surface area contributed by atoms with E-state index in [9.17, 15) is 4.79 Å². The van der Waals surface area contributed by atoms with Crippen LogP contribution in [0.1, 0.15) is 84.1 Å². The fourth-order valence-electron chi connectivity index (χ4n) is 9.54. The Morgan fingerprint density at radius 2 is 1.50 bits per heavy atom. The third-order valence-electron chi connectivity index (χ3n) is 12.5. The van der Waals surface area contributed by atoms with Crippen LogP contribution in [-0.4, -0.2) is 39.1 Å². The Morgan fingerprint density at radius 1 is 0.776 bits per heavy atom. The summed E-state index contributed by atoms with van der Waals surface area (Å²) in [5, 5.41) is 1.80. The molecule has 0 bridgehead atoms. The molecule has 0 amide bonds. The first-order chi connectivity index (χ1) is 28.3. The minimum atomic E-state index is -0.911. The SMILES string of the molecule is COc1cc2c3c(c4c(c2cc1OC(=O)c1ccc(OC2CCCCO2)cc1)-c1ccccc1C4(C)C)C=CC(c1ccccc1)(c1ccc(N2CCCC2)cc1)O3. The Bertz CT molecular complexity index is 2550. The highest BCUT2D eigenvalue weighted by atomic mass is 16.7. The molecule has 4 aliphatic rings. The Morgan fingerprint density at radius 3 is 2.24 bits per heavy atom. The predicted octanol–water partition coefficient (Wildman–Crippen LogP) is 11.2. The van der Waals surface area contributed by atoms with Gasteiger partial charge in [0.1, 0.15) is 11.5 Å². The van der Waals surface area contributed by atoms with Gasteiger partial charge in [0.2, 0.25) is 0 Å². The first kappa shape index (κ1) is 36.3. The second-order valence-corrected chi connectivity index (χ2v) is 16.3. The number of hydrogen-bond donors (Lipinski definition) is 0. The zero-order chi connectivity index (χ0) is 39.4. The van der Waals surface area contributed by atoms with E-state index in [0.717, 1.165) is 76.7 Å². The first-order valence-electron chi connectivity index (χ1n) is 20.6. The third-order valence-corrected chi connectivity index (χ3v) is 12.5. The highest BCUT2D eigenvalue weighted by Gasteiger charge is 2.44. The second kappa shape index (κ2) is 14.4. The van der Waals surface area contributed by atoms with Gasteiger partial charge < -0.3 is 28.6 Å². The van der Waals surface area contributed by atoms with Crippen molar-refractivity contribution >= 4 is 28.5 Å². The minimum Gasteiger partial charge on any atom is -0.493 e. The lowest BCUT2D eigenvalue weighted by Crippen LogP contribution is -2.35. The lowest BCUT2D eigenvalue weighted by Gasteiger charge is -2.38. The lowest BCUT2D eigenvalue weighted by molar-refractivity contribution is -0.105. The quantitative estimate of drug-likeness (QED) is 0.113. The Kier molecular flexibility index (Phi) is 9.01. The summed E-state index contributed by atoms with van der Waals surface area (Å²) < 4.78 is 31.5. The number of carbonyl (C=O) groups excluding carboxylic acids is 1. The van der Waals surface area contributed by atoms with Gasteiger partial charge in [0, 0.05) is 52.7 Å². The molecule has 7 nitrogen and oxygen atoms in total. The lowest BCUT2D eigenvalue weighted by atomic mass is 9.76. The number of fused-ring (bicyclic) bond motifs is 8. The molecule has 58 heavy (non-hydrogen) atoms. The molecule has 6 aromatic carbocycles. The monoisotopic (exact) mass is 769 g/mol. The van der Waals surface area contributed by atoms with Gasteiger partial charge in [-0.1, -0.05) is 86.7 Å². The molecule has 0 saturated carbocycles. The summed E-state index contributed by atoms with van der Waals surface area (Å²) in [6.07, 6.45) is 9.63. The van der Waals surface area contributed by atoms with Crippen LogP contribution in [0.25, 0.3) is 28.0 Å². The standard InChI is InChI=1S/C51H47NO6/c1-50(2)42-16-8-7-15-38(42)46-40-31-44(57-49(53)33-18-24-37(25-19-33)56-45-17-9-12-30-55-45)43(54-3)32-41(40)48-39(47(46)50)26-27-51(58-48,34-13-5-4-6-14-34)35-20-22-36(23-21-35)52-28-10-11-29-52/h4-8,13-16,18-27,31-32,45H,9-12,17,28-30H2,1-3H3. The van der Waals surface area contributed by atoms with Crippen LogP contribution in [0, 0.1) is 0 Å². The summed E-state index contributed by atoms with van der Waals surface area (Å²) in [6.45, 7) is 7.43. The maximum absolute atomic E-state index is 13.8. The van der Waals surface area contributed by atoms with E-state index in [1.165, 1.54) is 29.7 Å². The number of esters is 1. The van der Waals surface area contributed by atoms with Crippen molar-refractivity contribution in [3.05, 3.63) is 155 Å². The van der Waals surface area contributed by atoms with Crippen molar-refractivity contribution in [1.29, 1.82) is 0 Å². The Labute approximate surface area is 339 Å². The molecule has 2 atom stereocenters. The van der Waals surface area contributed by atoms with Crippen molar-refractivity contribution in [2.45, 2.75) is 63.3 Å². The average molecular weight is 770 g/mol. The van der Waals surface area contributed by atoms with E-state index in [1.54, 1.807) is 31.4 Å². The van der Waals surface area contributed by atoms with Crippen molar-refractivity contribution in [2.24, 2.45) is 0 Å². The molecule has 3 aliphatic heterocycles. The molecule has 0 aromatic heterocycles. The van der Waals surface area contributed by atoms with Crippen molar-refractivity contribution in [3.63, 3.8) is 0 Å². The molecule has 6 aromatic rings. The summed E-state index contributed by atoms with van der Waals surface area (Å²) in [5.41, 5.74) is 8.17. The summed E-state index contributed by atoms with van der Waals surface area (Å²) in [5.74, 6) is 1.68. The van der Waals surface area contributed by atoms with Crippen LogP contribution in [0.15, 0.2) is 121 Å². The minimum absolute atomic E-state index is 0.270. The normalized spacial score (nSPS) is 20.2. The molecular weight excluding hydrogens is 723 g/mol. The smallest absolute Gasteiger partial charge is 0.343 e. The van der Waals surface area contributed by atoms with Crippen LogP contribution in [-0.2, 0) is 15.8 Å². The first-order valence-corrected chi connectivity index (χ1v) is 20.6. The van der Waals surface area contributed by atoms with Crippen molar-refractivity contribution < 1.29 is 28.5 Å². The highest BCUT2D eigenvalue weighted by molar-refractivity contribution is 6.10. The molecule has 2 saturated heterocycles. The molecule has 0 N–H and O–H groups in total. The van der Waals surface area contributed by atoms with Gasteiger partial charge in [0.05, 0.1) is 19.3 Å². The van der Waals surface area contributed by atoms with E-state index in [4.69, 9.17) is 23.7 Å². The predicted molar refractivity (Wildman–Crippen MR) is 228 cm³/mol. The van der Waals surface area contributed by atoms with Crippen LogP contribution in [0.3, 0.4) is 0 Å². The molecule has 2 unspecified atom stereocenters. The Hall–Kier alpha value is -6.05. The molecule has 3 heterocycles. The van der Waals surface area contributed by atoms with Crippen molar-refractivity contribution in [3.8, 4) is 34.1 Å². The van der Waals surface area contributed by atoms with Crippen LogP contribution in [0.5, 0.6) is 23.0 Å². The number of ether oxygens (including phenoxy) is 5. The molecule has 2 fully saturated rings. The van der Waals surface area contributed by atoms with Crippen molar-refractivity contribution in [2.75, 3.05) is 31.7 Å². The summed E-state index contributed by atoms with van der Waals surface area (Å²) in [7, 11) is 1.60. The number of methoxy groups -OCH3 is 1. The van der Waals surface area contributed by atoms with Gasteiger partial charge in [0.25, 0.3) is 0 Å². The van der Waals surface area contributed by atoms with Gasteiger partial charge in [0.15, 0.2) is 23.4 Å². The number of anilines is 1. The number of hydrogen-bond acceptors (Lipinski definition) is 7. The van der Waals surface area contributed by atoms with Crippen LogP contribution >= 0.6 is 0 Å². The fraction of sp³-hybridized carbons (Fsp3) is 0.275. The molecule has 1 aliphatic carbocycles. The second-order valence-electron chi connectivity index (χ2n) is 16.3. The maximum Gasteiger partial charge on any atom is 0.343 e. The number of nitrogens with zero attached hydrogens (tertiary/aromatic N) is 1. The van der Waals surface area contributed by atoms with E-state index >= 15 is 0 Å². The van der Waals surface area contributed by atoms with E-state index in [0.29, 0.717) is 29.4 Å². The van der Waals surface area contributed by atoms with Gasteiger partial charge in [-0.2, -0.15) is 0 Å². The van der Waals surface area contributed by atoms with Gasteiger partial charge in [-0.25, -0.2) is 4.79 Å². The largest absolute Gasteiger partial charge is 0.493 e. The number of carbonyl (C=O) groups is 1. The van der Waals surface area contributed by atoms with Crippen molar-refractivity contribution in [1.82, 2.24) is 0 Å². The molecule has 0 radical (unpaired) electrons. The number of rotatable bonds is 8. The fourth-order valence-corrected chi connectivity index (χ4v) is 9.54. The summed E-state index contributed by atoms with van der Waals surface area (Å²) in [4.78, 5) is 16.3. The summed E-state index contributed by atoms with van der Waals surface area (Å²) >= 11 is 0. The van der Waals surface area contributed by atoms with Gasteiger partial charge in [-0.3, -0.25) is 0 Å². The van der Waals surface area contributed by atoms with E-state index < -0.39 is 11.6 Å². The number of benzene rings is 6. The Balaban J connectivity index is 1.10. The van der Waals surface area contributed by atoms with Crippen LogP contribution in [0.4, 0.5) is 5.69 Å². The molecule has 292 valence electrons.